The second kappa shape index (κ2) is 6.75. The Labute approximate surface area is 170 Å². The standard InChI is InChI=1S/C20H20F2N8/c1-29-9-5-12-3-4-13(11-14(12)29)16-24-18(23)26-19(25-16)27-20(7-2-8-20)15-6-10-30(28-15)17(21)22/h3-6,9-11,17H,2,7-8H2,1H3,(H3,23,24,25,26,27). The number of nitrogens with one attached hydrogen (secondary N) is 1. The van der Waals surface area contributed by atoms with Crippen LogP contribution in [0.1, 0.15) is 31.5 Å². The van der Waals surface area contributed by atoms with E-state index in [0.717, 1.165) is 35.7 Å². The summed E-state index contributed by atoms with van der Waals surface area (Å²) in [4.78, 5) is 13.1. The van der Waals surface area contributed by atoms with Crippen LogP contribution in [-0.4, -0.2) is 29.3 Å². The van der Waals surface area contributed by atoms with Gasteiger partial charge in [-0.05, 0) is 42.8 Å². The number of fused-ring (bicyclic) bond motifs is 1. The van der Waals surface area contributed by atoms with E-state index in [2.05, 4.69) is 25.4 Å². The van der Waals surface area contributed by atoms with Gasteiger partial charge in [0.05, 0.1) is 11.2 Å². The van der Waals surface area contributed by atoms with Gasteiger partial charge < -0.3 is 15.6 Å². The number of nitrogen functional groups attached to an aromatic ring is 1. The first-order chi connectivity index (χ1) is 14.4. The van der Waals surface area contributed by atoms with Gasteiger partial charge in [-0.2, -0.15) is 28.8 Å². The minimum absolute atomic E-state index is 0.0852. The van der Waals surface area contributed by atoms with Crippen molar-refractivity contribution in [1.29, 1.82) is 0 Å². The predicted molar refractivity (Wildman–Crippen MR) is 109 cm³/mol. The van der Waals surface area contributed by atoms with Crippen molar-refractivity contribution in [1.82, 2.24) is 29.3 Å². The third-order valence-electron chi connectivity index (χ3n) is 5.66. The first-order valence-corrected chi connectivity index (χ1v) is 9.62. The number of nitrogens with two attached hydrogens (primary N) is 1. The van der Waals surface area contributed by atoms with Crippen LogP contribution >= 0.6 is 0 Å². The smallest absolute Gasteiger partial charge is 0.333 e. The highest BCUT2D eigenvalue weighted by atomic mass is 19.3. The Bertz CT molecular complexity index is 1220. The first-order valence-electron chi connectivity index (χ1n) is 9.62. The van der Waals surface area contributed by atoms with Crippen molar-refractivity contribution in [2.75, 3.05) is 11.1 Å². The van der Waals surface area contributed by atoms with Crippen molar-refractivity contribution < 1.29 is 8.78 Å². The average Bonchev–Trinajstić information content (AvgIpc) is 3.32. The monoisotopic (exact) mass is 410 g/mol. The lowest BCUT2D eigenvalue weighted by molar-refractivity contribution is 0.0552. The van der Waals surface area contributed by atoms with Crippen LogP contribution in [0.3, 0.4) is 0 Å². The average molecular weight is 410 g/mol. The molecule has 1 saturated carbocycles. The summed E-state index contributed by atoms with van der Waals surface area (Å²) in [7, 11) is 1.97. The summed E-state index contributed by atoms with van der Waals surface area (Å²) in [6.45, 7) is -2.68. The fourth-order valence-electron chi connectivity index (χ4n) is 3.87. The molecule has 10 heteroatoms. The molecule has 0 spiro atoms. The zero-order chi connectivity index (χ0) is 20.9. The summed E-state index contributed by atoms with van der Waals surface area (Å²) in [5.41, 5.74) is 7.77. The van der Waals surface area contributed by atoms with E-state index in [0.29, 0.717) is 22.1 Å². The van der Waals surface area contributed by atoms with Crippen molar-refractivity contribution in [2.45, 2.75) is 31.4 Å². The van der Waals surface area contributed by atoms with Crippen molar-refractivity contribution >= 4 is 22.8 Å². The van der Waals surface area contributed by atoms with Crippen LogP contribution in [0.25, 0.3) is 22.3 Å². The number of hydrogen-bond donors (Lipinski definition) is 2. The number of anilines is 2. The maximum atomic E-state index is 13.0. The fraction of sp³-hybridized carbons (Fsp3) is 0.300. The maximum Gasteiger partial charge on any atom is 0.333 e. The maximum absolute atomic E-state index is 13.0. The van der Waals surface area contributed by atoms with Gasteiger partial charge >= 0.3 is 6.55 Å². The Hall–Kier alpha value is -3.56. The van der Waals surface area contributed by atoms with Gasteiger partial charge in [-0.3, -0.25) is 0 Å². The summed E-state index contributed by atoms with van der Waals surface area (Å²) in [5, 5.41) is 8.44. The molecule has 3 N–H and O–H groups in total. The number of halogens is 2. The SMILES string of the molecule is Cn1ccc2ccc(-c3nc(N)nc(NC4(c5ccn(C(F)F)n5)CCC4)n3)cc21. The summed E-state index contributed by atoms with van der Waals surface area (Å²) < 4.78 is 28.6. The zero-order valence-electron chi connectivity index (χ0n) is 16.3. The zero-order valence-corrected chi connectivity index (χ0v) is 16.3. The highest BCUT2D eigenvalue weighted by Gasteiger charge is 2.42. The Balaban J connectivity index is 1.50. The van der Waals surface area contributed by atoms with Gasteiger partial charge in [-0.25, -0.2) is 4.68 Å². The van der Waals surface area contributed by atoms with E-state index in [1.54, 1.807) is 6.07 Å². The van der Waals surface area contributed by atoms with Crippen LogP contribution < -0.4 is 11.1 Å². The van der Waals surface area contributed by atoms with E-state index in [1.165, 1.54) is 6.20 Å². The third kappa shape index (κ3) is 3.04. The molecule has 0 amide bonds. The number of rotatable bonds is 5. The van der Waals surface area contributed by atoms with Gasteiger partial charge in [-0.1, -0.05) is 12.1 Å². The van der Waals surface area contributed by atoms with Crippen molar-refractivity contribution in [2.24, 2.45) is 7.05 Å². The van der Waals surface area contributed by atoms with E-state index in [4.69, 9.17) is 5.73 Å². The molecule has 8 nitrogen and oxygen atoms in total. The molecule has 0 bridgehead atoms. The van der Waals surface area contributed by atoms with Gasteiger partial charge in [0.25, 0.3) is 0 Å². The molecule has 30 heavy (non-hydrogen) atoms. The molecule has 4 aromatic rings. The molecular formula is C20H20F2N8. The summed E-state index contributed by atoms with van der Waals surface area (Å²) in [6, 6.07) is 9.57. The summed E-state index contributed by atoms with van der Waals surface area (Å²) >= 11 is 0. The first kappa shape index (κ1) is 18.5. The van der Waals surface area contributed by atoms with E-state index >= 15 is 0 Å². The molecule has 0 unspecified atom stereocenters. The molecule has 1 aliphatic carbocycles. The number of nitrogens with zero attached hydrogens (tertiary/aromatic N) is 6. The lowest BCUT2D eigenvalue weighted by Gasteiger charge is -2.41. The van der Waals surface area contributed by atoms with Crippen LogP contribution in [0.2, 0.25) is 0 Å². The van der Waals surface area contributed by atoms with Gasteiger partial charge in [0.1, 0.15) is 0 Å². The van der Waals surface area contributed by atoms with Crippen LogP contribution in [0.4, 0.5) is 20.7 Å². The number of alkyl halides is 2. The number of aromatic nitrogens is 6. The van der Waals surface area contributed by atoms with Crippen LogP contribution in [0, 0.1) is 0 Å². The summed E-state index contributed by atoms with van der Waals surface area (Å²) in [5.74, 6) is 0.832. The lowest BCUT2D eigenvalue weighted by Crippen LogP contribution is -2.43. The predicted octanol–water partition coefficient (Wildman–Crippen LogP) is 3.70. The Morgan fingerprint density at radius 1 is 1.10 bits per heavy atom. The molecule has 154 valence electrons. The molecule has 1 fully saturated rings. The molecule has 3 aromatic heterocycles. The molecule has 0 aliphatic heterocycles. The van der Waals surface area contributed by atoms with E-state index < -0.39 is 12.1 Å². The Morgan fingerprint density at radius 2 is 1.93 bits per heavy atom. The van der Waals surface area contributed by atoms with Crippen LogP contribution in [0.5, 0.6) is 0 Å². The van der Waals surface area contributed by atoms with Crippen molar-refractivity contribution in [3.63, 3.8) is 0 Å². The third-order valence-corrected chi connectivity index (χ3v) is 5.66. The van der Waals surface area contributed by atoms with Gasteiger partial charge in [0, 0.05) is 30.5 Å². The molecule has 1 aliphatic rings. The van der Waals surface area contributed by atoms with Crippen LogP contribution in [0.15, 0.2) is 42.7 Å². The molecule has 0 saturated heterocycles. The van der Waals surface area contributed by atoms with Crippen molar-refractivity contribution in [3.8, 4) is 11.4 Å². The second-order valence-corrected chi connectivity index (χ2v) is 7.56. The van der Waals surface area contributed by atoms with Gasteiger partial charge in [-0.15, -0.1) is 0 Å². The molecule has 3 heterocycles. The quantitative estimate of drug-likeness (QED) is 0.521. The highest BCUT2D eigenvalue weighted by Crippen LogP contribution is 2.43. The van der Waals surface area contributed by atoms with E-state index in [9.17, 15) is 8.78 Å². The highest BCUT2D eigenvalue weighted by molar-refractivity contribution is 5.84. The largest absolute Gasteiger partial charge is 0.368 e. The number of hydrogen-bond acceptors (Lipinski definition) is 6. The number of benzene rings is 1. The van der Waals surface area contributed by atoms with Gasteiger partial charge in [0.15, 0.2) is 5.82 Å². The topological polar surface area (TPSA) is 99.5 Å². The molecule has 0 atom stereocenters. The van der Waals surface area contributed by atoms with E-state index in [1.807, 2.05) is 42.1 Å². The fourth-order valence-corrected chi connectivity index (χ4v) is 3.87. The van der Waals surface area contributed by atoms with Gasteiger partial charge in [0.2, 0.25) is 11.9 Å². The van der Waals surface area contributed by atoms with E-state index in [-0.39, 0.29) is 5.95 Å². The Kier molecular flexibility index (Phi) is 4.16. The lowest BCUT2D eigenvalue weighted by atomic mass is 9.74. The summed E-state index contributed by atoms with van der Waals surface area (Å²) in [6.07, 6.45) is 5.70. The Morgan fingerprint density at radius 3 is 2.63 bits per heavy atom. The molecule has 5 rings (SSSR count). The minimum Gasteiger partial charge on any atom is -0.368 e. The van der Waals surface area contributed by atoms with Crippen molar-refractivity contribution in [3.05, 3.63) is 48.4 Å². The minimum atomic E-state index is -2.68. The second-order valence-electron chi connectivity index (χ2n) is 7.56. The van der Waals surface area contributed by atoms with Crippen LogP contribution in [-0.2, 0) is 12.6 Å². The molecule has 0 radical (unpaired) electrons. The molecule has 1 aromatic carbocycles. The molecular weight excluding hydrogens is 390 g/mol. The number of aryl methyl sites for hydroxylation is 1. The normalized spacial score (nSPS) is 15.5.